The summed E-state index contributed by atoms with van der Waals surface area (Å²) >= 11 is 1.29. The number of nitrogens with two attached hydrogens (primary N) is 1. The Hall–Kier alpha value is -0.870. The van der Waals surface area contributed by atoms with Gasteiger partial charge in [0.25, 0.3) is 10.0 Å². The molecule has 0 atom stereocenters. The SMILES string of the molecule is C#CCN(CC1CC1)S(=O)(=O)c1ccc(CCN)s1. The lowest BCUT2D eigenvalue weighted by molar-refractivity contribution is 0.431. The Morgan fingerprint density at radius 2 is 2.21 bits per heavy atom. The molecule has 4 nitrogen and oxygen atoms in total. The fourth-order valence-electron chi connectivity index (χ4n) is 1.84. The maximum absolute atomic E-state index is 12.5. The molecule has 2 rings (SSSR count). The Morgan fingerprint density at radius 1 is 1.47 bits per heavy atom. The van der Waals surface area contributed by atoms with Gasteiger partial charge >= 0.3 is 0 Å². The highest BCUT2D eigenvalue weighted by atomic mass is 32.2. The number of hydrogen-bond donors (Lipinski definition) is 1. The maximum atomic E-state index is 12.5. The Kier molecular flexibility index (Phi) is 4.63. The first-order valence-corrected chi connectivity index (χ1v) is 8.56. The van der Waals surface area contributed by atoms with Gasteiger partial charge in [-0.1, -0.05) is 5.92 Å². The fraction of sp³-hybridized carbons (Fsp3) is 0.538. The molecule has 0 unspecified atom stereocenters. The van der Waals surface area contributed by atoms with E-state index in [1.807, 2.05) is 6.07 Å². The summed E-state index contributed by atoms with van der Waals surface area (Å²) < 4.78 is 26.8. The van der Waals surface area contributed by atoms with Crippen molar-refractivity contribution in [1.29, 1.82) is 0 Å². The monoisotopic (exact) mass is 298 g/mol. The van der Waals surface area contributed by atoms with Gasteiger partial charge in [-0.15, -0.1) is 17.8 Å². The summed E-state index contributed by atoms with van der Waals surface area (Å²) in [5, 5.41) is 0. The van der Waals surface area contributed by atoms with Crippen LogP contribution in [0.2, 0.25) is 0 Å². The molecule has 0 bridgehead atoms. The normalized spacial score (nSPS) is 15.6. The summed E-state index contributed by atoms with van der Waals surface area (Å²) in [5.41, 5.74) is 5.48. The summed E-state index contributed by atoms with van der Waals surface area (Å²) in [7, 11) is -3.45. The minimum Gasteiger partial charge on any atom is -0.330 e. The molecule has 1 saturated carbocycles. The van der Waals surface area contributed by atoms with E-state index in [0.717, 1.165) is 17.7 Å². The third-order valence-corrected chi connectivity index (χ3v) is 6.47. The molecule has 0 amide bonds. The van der Waals surface area contributed by atoms with Crippen LogP contribution in [0, 0.1) is 18.3 Å². The number of sulfonamides is 1. The number of terminal acetylenes is 1. The number of rotatable bonds is 7. The number of thiophene rings is 1. The molecule has 6 heteroatoms. The summed E-state index contributed by atoms with van der Waals surface area (Å²) in [6.45, 7) is 1.20. The van der Waals surface area contributed by atoms with Gasteiger partial charge in [0.1, 0.15) is 4.21 Å². The zero-order valence-corrected chi connectivity index (χ0v) is 12.3. The Labute approximate surface area is 118 Å². The van der Waals surface area contributed by atoms with Gasteiger partial charge < -0.3 is 5.73 Å². The second-order valence-corrected chi connectivity index (χ2v) is 8.04. The molecule has 1 aromatic heterocycles. The van der Waals surface area contributed by atoms with Crippen LogP contribution in [0.15, 0.2) is 16.3 Å². The Bertz CT molecular complexity index is 568. The highest BCUT2D eigenvalue weighted by Gasteiger charge is 2.32. The van der Waals surface area contributed by atoms with Crippen molar-refractivity contribution in [1.82, 2.24) is 4.31 Å². The minimum absolute atomic E-state index is 0.142. The first-order valence-electron chi connectivity index (χ1n) is 6.30. The lowest BCUT2D eigenvalue weighted by atomic mass is 10.3. The highest BCUT2D eigenvalue weighted by Crippen LogP contribution is 2.32. The van der Waals surface area contributed by atoms with Gasteiger partial charge in [-0.3, -0.25) is 0 Å². The molecule has 0 saturated heterocycles. The second-order valence-electron chi connectivity index (χ2n) is 4.70. The van der Waals surface area contributed by atoms with Crippen LogP contribution in [-0.4, -0.2) is 32.4 Å². The van der Waals surface area contributed by atoms with Crippen LogP contribution in [0.25, 0.3) is 0 Å². The van der Waals surface area contributed by atoms with Gasteiger partial charge in [0.15, 0.2) is 0 Å². The molecule has 1 aromatic rings. The second kappa shape index (κ2) is 6.06. The van der Waals surface area contributed by atoms with Crippen molar-refractivity contribution in [3.05, 3.63) is 17.0 Å². The van der Waals surface area contributed by atoms with Gasteiger partial charge in [-0.2, -0.15) is 4.31 Å². The van der Waals surface area contributed by atoms with Crippen LogP contribution in [0.3, 0.4) is 0 Å². The fourth-order valence-corrected chi connectivity index (χ4v) is 4.79. The molecule has 0 radical (unpaired) electrons. The molecule has 0 aliphatic heterocycles. The standard InChI is InChI=1S/C13H18N2O2S2/c1-2-9-15(10-11-3-4-11)19(16,17)13-6-5-12(18-13)7-8-14/h1,5-6,11H,3-4,7-10,14H2. The van der Waals surface area contributed by atoms with Crippen molar-refractivity contribution >= 4 is 21.4 Å². The zero-order valence-electron chi connectivity index (χ0n) is 10.7. The number of hydrogen-bond acceptors (Lipinski definition) is 4. The molecule has 19 heavy (non-hydrogen) atoms. The predicted molar refractivity (Wildman–Crippen MR) is 77.4 cm³/mol. The van der Waals surface area contributed by atoms with E-state index in [0.29, 0.717) is 29.6 Å². The van der Waals surface area contributed by atoms with Crippen LogP contribution in [0.4, 0.5) is 0 Å². The third kappa shape index (κ3) is 3.57. The van der Waals surface area contributed by atoms with E-state index < -0.39 is 10.0 Å². The number of nitrogens with zero attached hydrogens (tertiary/aromatic N) is 1. The van der Waals surface area contributed by atoms with E-state index in [2.05, 4.69) is 5.92 Å². The van der Waals surface area contributed by atoms with E-state index in [4.69, 9.17) is 12.2 Å². The van der Waals surface area contributed by atoms with Gasteiger partial charge in [-0.05, 0) is 43.9 Å². The van der Waals surface area contributed by atoms with Gasteiger partial charge in [0.2, 0.25) is 0 Å². The zero-order chi connectivity index (χ0) is 13.9. The van der Waals surface area contributed by atoms with Gasteiger partial charge in [0, 0.05) is 11.4 Å². The van der Waals surface area contributed by atoms with Crippen LogP contribution < -0.4 is 5.73 Å². The molecule has 1 aliphatic carbocycles. The average molecular weight is 298 g/mol. The topological polar surface area (TPSA) is 63.4 Å². The maximum Gasteiger partial charge on any atom is 0.253 e. The summed E-state index contributed by atoms with van der Waals surface area (Å²) in [6, 6.07) is 3.48. The average Bonchev–Trinajstić information content (AvgIpc) is 3.05. The van der Waals surface area contributed by atoms with Crippen LogP contribution >= 0.6 is 11.3 Å². The molecule has 1 aliphatic rings. The molecule has 2 N–H and O–H groups in total. The van der Waals surface area contributed by atoms with Crippen molar-refractivity contribution in [3.8, 4) is 12.3 Å². The third-order valence-electron chi connectivity index (χ3n) is 3.05. The van der Waals surface area contributed by atoms with Crippen molar-refractivity contribution in [3.63, 3.8) is 0 Å². The summed E-state index contributed by atoms with van der Waals surface area (Å²) in [5.74, 6) is 2.92. The van der Waals surface area contributed by atoms with Crippen LogP contribution in [0.5, 0.6) is 0 Å². The van der Waals surface area contributed by atoms with Crippen molar-refractivity contribution in [2.75, 3.05) is 19.6 Å². The van der Waals surface area contributed by atoms with Crippen molar-refractivity contribution < 1.29 is 8.42 Å². The molecular weight excluding hydrogens is 280 g/mol. The molecule has 1 heterocycles. The van der Waals surface area contributed by atoms with Gasteiger partial charge in [0.05, 0.1) is 6.54 Å². The molecule has 1 fully saturated rings. The van der Waals surface area contributed by atoms with E-state index in [1.165, 1.54) is 15.6 Å². The Morgan fingerprint density at radius 3 is 2.79 bits per heavy atom. The van der Waals surface area contributed by atoms with E-state index >= 15 is 0 Å². The van der Waals surface area contributed by atoms with Crippen LogP contribution in [-0.2, 0) is 16.4 Å². The lowest BCUT2D eigenvalue weighted by Crippen LogP contribution is -2.32. The minimum atomic E-state index is -3.45. The lowest BCUT2D eigenvalue weighted by Gasteiger charge is -2.18. The van der Waals surface area contributed by atoms with Crippen molar-refractivity contribution in [2.45, 2.75) is 23.5 Å². The molecular formula is C13H18N2O2S2. The van der Waals surface area contributed by atoms with E-state index in [9.17, 15) is 8.42 Å². The van der Waals surface area contributed by atoms with Gasteiger partial charge in [-0.25, -0.2) is 8.42 Å². The quantitative estimate of drug-likeness (QED) is 0.771. The van der Waals surface area contributed by atoms with E-state index in [1.54, 1.807) is 6.07 Å². The van der Waals surface area contributed by atoms with Crippen LogP contribution in [0.1, 0.15) is 17.7 Å². The van der Waals surface area contributed by atoms with Crippen molar-refractivity contribution in [2.24, 2.45) is 11.7 Å². The molecule has 0 spiro atoms. The Balaban J connectivity index is 2.19. The molecule has 0 aromatic carbocycles. The smallest absolute Gasteiger partial charge is 0.253 e. The molecule has 104 valence electrons. The highest BCUT2D eigenvalue weighted by molar-refractivity contribution is 7.91. The first-order chi connectivity index (χ1) is 9.07. The largest absolute Gasteiger partial charge is 0.330 e. The summed E-state index contributed by atoms with van der Waals surface area (Å²) in [4.78, 5) is 0.994. The predicted octanol–water partition coefficient (Wildman–Crippen LogP) is 1.28. The first kappa shape index (κ1) is 14.5. The van der Waals surface area contributed by atoms with E-state index in [-0.39, 0.29) is 6.54 Å². The summed E-state index contributed by atoms with van der Waals surface area (Å²) in [6.07, 6.45) is 8.18.